The van der Waals surface area contributed by atoms with Crippen molar-refractivity contribution in [3.05, 3.63) is 62.3 Å². The second kappa shape index (κ2) is 5.88. The molecule has 8 heteroatoms. The van der Waals surface area contributed by atoms with E-state index in [1.807, 2.05) is 0 Å². The molecule has 112 valence electrons. The summed E-state index contributed by atoms with van der Waals surface area (Å²) in [6.45, 7) is -0.514. The summed E-state index contributed by atoms with van der Waals surface area (Å²) in [5.74, 6) is -1.55. The molecule has 1 atom stereocenters. The van der Waals surface area contributed by atoms with Crippen molar-refractivity contribution >= 4 is 5.82 Å². The Morgan fingerprint density at radius 2 is 2.05 bits per heavy atom. The van der Waals surface area contributed by atoms with E-state index in [2.05, 4.69) is 10.3 Å². The predicted molar refractivity (Wildman–Crippen MR) is 72.1 cm³/mol. The number of aliphatic hydroxyl groups is 1. The Balaban J connectivity index is 2.35. The Morgan fingerprint density at radius 3 is 2.62 bits per heavy atom. The van der Waals surface area contributed by atoms with E-state index in [1.165, 1.54) is 13.1 Å². The minimum Gasteiger partial charge on any atom is -0.394 e. The molecule has 0 saturated heterocycles. The summed E-state index contributed by atoms with van der Waals surface area (Å²) >= 11 is 0. The maximum atomic E-state index is 13.7. The smallest absolute Gasteiger partial charge is 0.329 e. The normalized spacial score (nSPS) is 12.2. The number of H-pyrrole nitrogens is 1. The lowest BCUT2D eigenvalue weighted by molar-refractivity contribution is 0.273. The van der Waals surface area contributed by atoms with E-state index in [4.69, 9.17) is 0 Å². The lowest BCUT2D eigenvalue weighted by Gasteiger charge is -2.18. The molecule has 0 bridgehead atoms. The van der Waals surface area contributed by atoms with E-state index >= 15 is 0 Å². The molecule has 0 fully saturated rings. The minimum absolute atomic E-state index is 0.0143. The molecule has 2 aromatic rings. The summed E-state index contributed by atoms with van der Waals surface area (Å²) in [6.07, 6.45) is 0. The van der Waals surface area contributed by atoms with Crippen LogP contribution in [-0.4, -0.2) is 21.3 Å². The number of aliphatic hydroxyl groups excluding tert-OH is 1. The highest BCUT2D eigenvalue weighted by Gasteiger charge is 2.16. The third kappa shape index (κ3) is 3.16. The lowest BCUT2D eigenvalue weighted by Crippen LogP contribution is -2.33. The maximum Gasteiger partial charge on any atom is 0.329 e. The molecule has 0 aliphatic rings. The first kappa shape index (κ1) is 14.9. The fourth-order valence-corrected chi connectivity index (χ4v) is 1.83. The summed E-state index contributed by atoms with van der Waals surface area (Å²) in [4.78, 5) is 25.3. The first-order valence-corrected chi connectivity index (χ1v) is 6.05. The lowest BCUT2D eigenvalue weighted by atomic mass is 10.1. The molecule has 0 radical (unpaired) electrons. The molecule has 0 saturated carbocycles. The summed E-state index contributed by atoms with van der Waals surface area (Å²) in [5, 5.41) is 12.0. The number of aromatic amines is 1. The molecule has 1 aromatic heterocycles. The molecule has 1 aromatic carbocycles. The van der Waals surface area contributed by atoms with Crippen molar-refractivity contribution in [2.24, 2.45) is 7.05 Å². The molecular formula is C13H13F2N3O3. The monoisotopic (exact) mass is 297 g/mol. The van der Waals surface area contributed by atoms with Gasteiger partial charge in [-0.1, -0.05) is 6.07 Å². The van der Waals surface area contributed by atoms with Crippen LogP contribution in [0.4, 0.5) is 14.6 Å². The van der Waals surface area contributed by atoms with Gasteiger partial charge in [0.05, 0.1) is 12.6 Å². The zero-order valence-electron chi connectivity index (χ0n) is 11.1. The summed E-state index contributed by atoms with van der Waals surface area (Å²) in [5.41, 5.74) is -1.20. The Bertz CT molecular complexity index is 739. The Labute approximate surface area is 117 Å². The van der Waals surface area contributed by atoms with Crippen LogP contribution in [0.25, 0.3) is 0 Å². The predicted octanol–water partition coefficient (Wildman–Crippen LogP) is 0.497. The second-order valence-electron chi connectivity index (χ2n) is 4.43. The average molecular weight is 297 g/mol. The molecular weight excluding hydrogens is 284 g/mol. The molecule has 1 heterocycles. The quantitative estimate of drug-likeness (QED) is 0.767. The van der Waals surface area contributed by atoms with Crippen molar-refractivity contribution in [3.63, 3.8) is 0 Å². The first-order valence-electron chi connectivity index (χ1n) is 6.05. The van der Waals surface area contributed by atoms with E-state index in [0.29, 0.717) is 6.07 Å². The molecule has 0 spiro atoms. The van der Waals surface area contributed by atoms with Crippen LogP contribution in [0.5, 0.6) is 0 Å². The summed E-state index contributed by atoms with van der Waals surface area (Å²) < 4.78 is 27.4. The van der Waals surface area contributed by atoms with Gasteiger partial charge < -0.3 is 10.4 Å². The number of benzene rings is 1. The van der Waals surface area contributed by atoms with Gasteiger partial charge in [-0.3, -0.25) is 14.3 Å². The molecule has 3 N–H and O–H groups in total. The number of nitrogens with zero attached hydrogens (tertiary/aromatic N) is 1. The van der Waals surface area contributed by atoms with Crippen LogP contribution < -0.4 is 16.6 Å². The molecule has 1 unspecified atom stereocenters. The third-order valence-electron chi connectivity index (χ3n) is 2.99. The van der Waals surface area contributed by atoms with Crippen LogP contribution in [0.1, 0.15) is 11.6 Å². The van der Waals surface area contributed by atoms with Crippen molar-refractivity contribution in [2.45, 2.75) is 6.04 Å². The number of rotatable bonds is 4. The molecule has 0 aliphatic heterocycles. The van der Waals surface area contributed by atoms with Crippen molar-refractivity contribution < 1.29 is 13.9 Å². The number of halogens is 2. The van der Waals surface area contributed by atoms with Gasteiger partial charge >= 0.3 is 5.69 Å². The fraction of sp³-hybridized carbons (Fsp3) is 0.231. The van der Waals surface area contributed by atoms with Gasteiger partial charge in [0, 0.05) is 24.7 Å². The van der Waals surface area contributed by atoms with Gasteiger partial charge in [0.25, 0.3) is 5.56 Å². The van der Waals surface area contributed by atoms with Crippen LogP contribution in [-0.2, 0) is 7.05 Å². The summed E-state index contributed by atoms with van der Waals surface area (Å²) in [6, 6.07) is 3.08. The van der Waals surface area contributed by atoms with Gasteiger partial charge in [0.15, 0.2) is 0 Å². The number of hydrogen-bond acceptors (Lipinski definition) is 4. The van der Waals surface area contributed by atoms with Crippen LogP contribution in [0.15, 0.2) is 33.9 Å². The SMILES string of the molecule is Cn1c(=O)cc(NC(CO)c2ccc(F)cc2F)[nH]c1=O. The van der Waals surface area contributed by atoms with Gasteiger partial charge in [-0.05, 0) is 6.07 Å². The van der Waals surface area contributed by atoms with Crippen LogP contribution in [0, 0.1) is 11.6 Å². The van der Waals surface area contributed by atoms with Gasteiger partial charge in [-0.15, -0.1) is 0 Å². The molecule has 21 heavy (non-hydrogen) atoms. The van der Waals surface area contributed by atoms with Crippen molar-refractivity contribution in [1.29, 1.82) is 0 Å². The number of aromatic nitrogens is 2. The van der Waals surface area contributed by atoms with Crippen molar-refractivity contribution in [3.8, 4) is 0 Å². The second-order valence-corrected chi connectivity index (χ2v) is 4.43. The molecule has 2 rings (SSSR count). The molecule has 0 aliphatic carbocycles. The van der Waals surface area contributed by atoms with Crippen molar-refractivity contribution in [1.82, 2.24) is 9.55 Å². The van der Waals surface area contributed by atoms with E-state index in [9.17, 15) is 23.5 Å². The highest BCUT2D eigenvalue weighted by molar-refractivity contribution is 5.37. The van der Waals surface area contributed by atoms with Crippen LogP contribution >= 0.6 is 0 Å². The van der Waals surface area contributed by atoms with Crippen molar-refractivity contribution in [2.75, 3.05) is 11.9 Å². The Kier molecular flexibility index (Phi) is 4.18. The zero-order chi connectivity index (χ0) is 15.6. The average Bonchev–Trinajstić information content (AvgIpc) is 2.42. The number of nitrogens with one attached hydrogen (secondary N) is 2. The molecule has 0 amide bonds. The Hall–Kier alpha value is -2.48. The topological polar surface area (TPSA) is 87.1 Å². The largest absolute Gasteiger partial charge is 0.394 e. The fourth-order valence-electron chi connectivity index (χ4n) is 1.83. The third-order valence-corrected chi connectivity index (χ3v) is 2.99. The molecule has 6 nitrogen and oxygen atoms in total. The Morgan fingerprint density at radius 1 is 1.33 bits per heavy atom. The van der Waals surface area contributed by atoms with Gasteiger partial charge in [0.1, 0.15) is 17.5 Å². The number of anilines is 1. The standard InChI is InChI=1S/C13H13F2N3O3/c1-18-12(20)5-11(17-13(18)21)16-10(6-19)8-3-2-7(14)4-9(8)15/h2-5,10,16,19H,6H2,1H3,(H,17,21). The van der Waals surface area contributed by atoms with Crippen LogP contribution in [0.3, 0.4) is 0 Å². The highest BCUT2D eigenvalue weighted by Crippen LogP contribution is 2.20. The van der Waals surface area contributed by atoms with E-state index in [-0.39, 0.29) is 11.4 Å². The van der Waals surface area contributed by atoms with E-state index in [1.54, 1.807) is 0 Å². The minimum atomic E-state index is -0.937. The highest BCUT2D eigenvalue weighted by atomic mass is 19.1. The maximum absolute atomic E-state index is 13.7. The van der Waals surface area contributed by atoms with Crippen LogP contribution in [0.2, 0.25) is 0 Å². The summed E-state index contributed by atoms with van der Waals surface area (Å²) in [7, 11) is 1.30. The van der Waals surface area contributed by atoms with E-state index < -0.39 is 35.5 Å². The first-order chi connectivity index (χ1) is 9.92. The van der Waals surface area contributed by atoms with Gasteiger partial charge in [-0.25, -0.2) is 13.6 Å². The van der Waals surface area contributed by atoms with Gasteiger partial charge in [0.2, 0.25) is 0 Å². The van der Waals surface area contributed by atoms with Gasteiger partial charge in [-0.2, -0.15) is 0 Å². The zero-order valence-corrected chi connectivity index (χ0v) is 11.1. The van der Waals surface area contributed by atoms with E-state index in [0.717, 1.165) is 16.7 Å². The number of hydrogen-bond donors (Lipinski definition) is 3.